The molecule has 0 aromatic rings. The molecular formula is C12H19NO2. The standard InChI is InChI=1S/C12H19NO2/c14-10-5-3-4-9(8-10)13-11-6-1-2-7-12(11)15/h11-12,15H,1-8H2/t11-,12+/m1/s1. The smallest absolute Gasteiger partial charge is 0.138 e. The molecule has 0 bridgehead atoms. The van der Waals surface area contributed by atoms with Crippen molar-refractivity contribution in [3.8, 4) is 0 Å². The van der Waals surface area contributed by atoms with Gasteiger partial charge in [-0.2, -0.15) is 0 Å². The first-order valence-corrected chi connectivity index (χ1v) is 6.01. The molecular weight excluding hydrogens is 190 g/mol. The maximum atomic E-state index is 11.3. The zero-order chi connectivity index (χ0) is 10.7. The first-order chi connectivity index (χ1) is 7.25. The van der Waals surface area contributed by atoms with E-state index in [1.54, 1.807) is 0 Å². The molecule has 2 atom stereocenters. The van der Waals surface area contributed by atoms with Crippen LogP contribution in [0.25, 0.3) is 0 Å². The van der Waals surface area contributed by atoms with Gasteiger partial charge >= 0.3 is 0 Å². The molecule has 0 saturated heterocycles. The van der Waals surface area contributed by atoms with E-state index in [0.717, 1.165) is 44.2 Å². The predicted octanol–water partition coefficient (Wildman–Crippen LogP) is 1.87. The summed E-state index contributed by atoms with van der Waals surface area (Å²) in [6.07, 6.45) is 7.00. The van der Waals surface area contributed by atoms with Crippen molar-refractivity contribution in [1.82, 2.24) is 0 Å². The second-order valence-corrected chi connectivity index (χ2v) is 4.68. The molecule has 2 rings (SSSR count). The van der Waals surface area contributed by atoms with Crippen LogP contribution in [0.1, 0.15) is 51.4 Å². The molecule has 2 aliphatic carbocycles. The van der Waals surface area contributed by atoms with Gasteiger partial charge < -0.3 is 5.11 Å². The summed E-state index contributed by atoms with van der Waals surface area (Å²) in [5, 5.41) is 9.77. The van der Waals surface area contributed by atoms with Crippen LogP contribution >= 0.6 is 0 Å². The minimum atomic E-state index is -0.275. The van der Waals surface area contributed by atoms with E-state index in [4.69, 9.17) is 0 Å². The lowest BCUT2D eigenvalue weighted by Gasteiger charge is -2.26. The number of carbonyl (C=O) groups excluding carboxylic acids is 1. The Labute approximate surface area is 90.6 Å². The van der Waals surface area contributed by atoms with Gasteiger partial charge in [0.25, 0.3) is 0 Å². The van der Waals surface area contributed by atoms with Crippen LogP contribution in [0.4, 0.5) is 0 Å². The summed E-state index contributed by atoms with van der Waals surface area (Å²) in [7, 11) is 0. The lowest BCUT2D eigenvalue weighted by molar-refractivity contribution is -0.118. The van der Waals surface area contributed by atoms with Crippen LogP contribution in [-0.4, -0.2) is 28.7 Å². The van der Waals surface area contributed by atoms with Crippen molar-refractivity contribution in [3.63, 3.8) is 0 Å². The summed E-state index contributed by atoms with van der Waals surface area (Å²) in [6, 6.07) is 0.0691. The highest BCUT2D eigenvalue weighted by molar-refractivity contribution is 6.04. The highest BCUT2D eigenvalue weighted by Crippen LogP contribution is 2.23. The summed E-state index contributed by atoms with van der Waals surface area (Å²) in [5.74, 6) is 0.310. The molecule has 0 aromatic heterocycles. The fraction of sp³-hybridized carbons (Fsp3) is 0.833. The molecule has 3 nitrogen and oxygen atoms in total. The van der Waals surface area contributed by atoms with Crippen molar-refractivity contribution in [2.45, 2.75) is 63.5 Å². The Bertz CT molecular complexity index is 273. The normalized spacial score (nSPS) is 35.8. The summed E-state index contributed by atoms with van der Waals surface area (Å²) < 4.78 is 0. The second kappa shape index (κ2) is 4.88. The maximum absolute atomic E-state index is 11.3. The van der Waals surface area contributed by atoms with Crippen LogP contribution in [0.3, 0.4) is 0 Å². The van der Waals surface area contributed by atoms with Crippen molar-refractivity contribution in [1.29, 1.82) is 0 Å². The minimum absolute atomic E-state index is 0.0691. The Balaban J connectivity index is 1.97. The second-order valence-electron chi connectivity index (χ2n) is 4.68. The molecule has 0 unspecified atom stereocenters. The summed E-state index contributed by atoms with van der Waals surface area (Å²) in [5.41, 5.74) is 1.03. The fourth-order valence-electron chi connectivity index (χ4n) is 2.48. The third kappa shape index (κ3) is 2.88. The van der Waals surface area contributed by atoms with E-state index in [-0.39, 0.29) is 12.1 Å². The molecule has 0 spiro atoms. The monoisotopic (exact) mass is 209 g/mol. The predicted molar refractivity (Wildman–Crippen MR) is 59.2 cm³/mol. The number of Topliss-reactive ketones (excluding diaryl/α,β-unsaturated/α-hetero) is 1. The van der Waals surface area contributed by atoms with Crippen molar-refractivity contribution in [2.75, 3.05) is 0 Å². The number of aliphatic hydroxyl groups excluding tert-OH is 1. The topological polar surface area (TPSA) is 49.7 Å². The Kier molecular flexibility index (Phi) is 3.52. The Hall–Kier alpha value is -0.700. The first-order valence-electron chi connectivity index (χ1n) is 6.01. The lowest BCUT2D eigenvalue weighted by atomic mass is 9.91. The zero-order valence-electron chi connectivity index (χ0n) is 9.11. The van der Waals surface area contributed by atoms with E-state index in [0.29, 0.717) is 18.6 Å². The van der Waals surface area contributed by atoms with Gasteiger partial charge in [0.2, 0.25) is 0 Å². The van der Waals surface area contributed by atoms with E-state index >= 15 is 0 Å². The molecule has 0 aromatic carbocycles. The van der Waals surface area contributed by atoms with Crippen LogP contribution in [0.15, 0.2) is 4.99 Å². The van der Waals surface area contributed by atoms with Gasteiger partial charge in [-0.25, -0.2) is 0 Å². The molecule has 2 fully saturated rings. The van der Waals surface area contributed by atoms with Gasteiger partial charge in [0.05, 0.1) is 12.1 Å². The number of carbonyl (C=O) groups is 1. The molecule has 3 heteroatoms. The van der Waals surface area contributed by atoms with Gasteiger partial charge in [-0.05, 0) is 25.7 Å². The fourth-order valence-corrected chi connectivity index (χ4v) is 2.48. The number of aliphatic imine (C=N–C) groups is 1. The molecule has 84 valence electrons. The molecule has 15 heavy (non-hydrogen) atoms. The van der Waals surface area contributed by atoms with Gasteiger partial charge in [0.1, 0.15) is 5.78 Å². The van der Waals surface area contributed by atoms with Crippen molar-refractivity contribution >= 4 is 11.5 Å². The Morgan fingerprint density at radius 2 is 1.93 bits per heavy atom. The minimum Gasteiger partial charge on any atom is -0.391 e. The van der Waals surface area contributed by atoms with Crippen LogP contribution in [0.2, 0.25) is 0 Å². The van der Waals surface area contributed by atoms with E-state index in [1.165, 1.54) is 0 Å². The number of hydrogen-bond acceptors (Lipinski definition) is 3. The van der Waals surface area contributed by atoms with Crippen LogP contribution in [-0.2, 0) is 4.79 Å². The van der Waals surface area contributed by atoms with Gasteiger partial charge in [-0.1, -0.05) is 12.8 Å². The summed E-state index contributed by atoms with van der Waals surface area (Å²) in [4.78, 5) is 15.8. The summed E-state index contributed by atoms with van der Waals surface area (Å²) >= 11 is 0. The van der Waals surface area contributed by atoms with Crippen LogP contribution < -0.4 is 0 Å². The molecule has 0 aliphatic heterocycles. The molecule has 2 saturated carbocycles. The van der Waals surface area contributed by atoms with Gasteiger partial charge in [0, 0.05) is 18.6 Å². The average Bonchev–Trinajstić information content (AvgIpc) is 2.22. The molecule has 0 radical (unpaired) electrons. The third-order valence-electron chi connectivity index (χ3n) is 3.36. The SMILES string of the molecule is O=C1CCCC(=N[C@@H]2CCCC[C@@H]2O)C1. The Morgan fingerprint density at radius 3 is 2.67 bits per heavy atom. The van der Waals surface area contributed by atoms with Gasteiger partial charge in [-0.15, -0.1) is 0 Å². The lowest BCUT2D eigenvalue weighted by Crippen LogP contribution is -2.30. The van der Waals surface area contributed by atoms with E-state index in [1.807, 2.05) is 0 Å². The van der Waals surface area contributed by atoms with E-state index in [9.17, 15) is 9.90 Å². The third-order valence-corrected chi connectivity index (χ3v) is 3.36. The number of aliphatic hydroxyl groups is 1. The first kappa shape index (κ1) is 10.8. The highest BCUT2D eigenvalue weighted by atomic mass is 16.3. The van der Waals surface area contributed by atoms with E-state index < -0.39 is 0 Å². The zero-order valence-corrected chi connectivity index (χ0v) is 9.11. The number of ketones is 1. The molecule has 2 aliphatic rings. The van der Waals surface area contributed by atoms with Crippen molar-refractivity contribution < 1.29 is 9.90 Å². The van der Waals surface area contributed by atoms with Gasteiger partial charge in [0.15, 0.2) is 0 Å². The van der Waals surface area contributed by atoms with Crippen LogP contribution in [0, 0.1) is 0 Å². The molecule has 0 amide bonds. The maximum Gasteiger partial charge on any atom is 0.138 e. The quantitative estimate of drug-likeness (QED) is 0.716. The number of hydrogen-bond donors (Lipinski definition) is 1. The average molecular weight is 209 g/mol. The highest BCUT2D eigenvalue weighted by Gasteiger charge is 2.24. The van der Waals surface area contributed by atoms with Crippen LogP contribution in [0.5, 0.6) is 0 Å². The number of rotatable bonds is 1. The van der Waals surface area contributed by atoms with Crippen molar-refractivity contribution in [2.24, 2.45) is 4.99 Å². The molecule has 1 N–H and O–H groups in total. The summed E-state index contributed by atoms with van der Waals surface area (Å²) in [6.45, 7) is 0. The number of nitrogens with zero attached hydrogens (tertiary/aromatic N) is 1. The van der Waals surface area contributed by atoms with E-state index in [2.05, 4.69) is 4.99 Å². The largest absolute Gasteiger partial charge is 0.391 e. The van der Waals surface area contributed by atoms with Gasteiger partial charge in [-0.3, -0.25) is 9.79 Å². The Morgan fingerprint density at radius 1 is 1.13 bits per heavy atom. The van der Waals surface area contributed by atoms with Crippen molar-refractivity contribution in [3.05, 3.63) is 0 Å². The molecule has 0 heterocycles.